The van der Waals surface area contributed by atoms with E-state index in [-0.39, 0.29) is 11.0 Å². The van der Waals surface area contributed by atoms with E-state index in [9.17, 15) is 4.79 Å². The number of rotatable bonds is 5. The Bertz CT molecular complexity index is 1570. The minimum Gasteiger partial charge on any atom is -0.497 e. The molecular weight excluding hydrogens is 438 g/mol. The molecule has 0 aliphatic heterocycles. The second-order valence-corrected chi connectivity index (χ2v) is 9.88. The van der Waals surface area contributed by atoms with Gasteiger partial charge in [-0.2, -0.15) is 0 Å². The van der Waals surface area contributed by atoms with Gasteiger partial charge < -0.3 is 18.9 Å². The molecular formula is C30H29NO4. The first-order chi connectivity index (χ1) is 16.7. The van der Waals surface area contributed by atoms with Gasteiger partial charge in [-0.15, -0.1) is 0 Å². The van der Waals surface area contributed by atoms with Crippen LogP contribution < -0.4 is 14.9 Å². The summed E-state index contributed by atoms with van der Waals surface area (Å²) in [7, 11) is 1.64. The molecule has 5 rings (SSSR count). The summed E-state index contributed by atoms with van der Waals surface area (Å²) in [5.41, 5.74) is 5.49. The molecule has 0 spiro atoms. The Labute approximate surface area is 204 Å². The molecule has 5 nitrogen and oxygen atoms in total. The number of benzene rings is 3. The van der Waals surface area contributed by atoms with Crippen LogP contribution >= 0.6 is 0 Å². The van der Waals surface area contributed by atoms with Crippen LogP contribution in [-0.4, -0.2) is 17.7 Å². The zero-order valence-corrected chi connectivity index (χ0v) is 20.7. The predicted octanol–water partition coefficient (Wildman–Crippen LogP) is 7.03. The molecule has 0 unspecified atom stereocenters. The lowest BCUT2D eigenvalue weighted by molar-refractivity contribution is 0.131. The second-order valence-electron chi connectivity index (χ2n) is 9.88. The van der Waals surface area contributed by atoms with Crippen molar-refractivity contribution in [3.8, 4) is 22.8 Å². The molecule has 178 valence electrons. The van der Waals surface area contributed by atoms with E-state index in [0.717, 1.165) is 39.6 Å². The molecule has 0 aliphatic carbocycles. The van der Waals surface area contributed by atoms with Crippen LogP contribution in [0.15, 0.2) is 75.9 Å². The summed E-state index contributed by atoms with van der Waals surface area (Å²) >= 11 is 0. The monoisotopic (exact) mass is 467 g/mol. The molecule has 35 heavy (non-hydrogen) atoms. The smallest absolute Gasteiger partial charge is 0.202 e. The number of aromatic amines is 1. The number of nitrogens with one attached hydrogen (secondary N) is 1. The molecule has 0 amide bonds. The Kier molecular flexibility index (Phi) is 5.64. The number of fused-ring (bicyclic) bond motifs is 2. The Morgan fingerprint density at radius 2 is 1.60 bits per heavy atom. The van der Waals surface area contributed by atoms with Crippen LogP contribution in [0.4, 0.5) is 0 Å². The van der Waals surface area contributed by atoms with Gasteiger partial charge in [-0.25, -0.2) is 0 Å². The molecule has 0 saturated carbocycles. The first kappa shape index (κ1) is 22.8. The van der Waals surface area contributed by atoms with Crippen molar-refractivity contribution in [2.75, 3.05) is 7.11 Å². The highest BCUT2D eigenvalue weighted by Gasteiger charge is 2.20. The van der Waals surface area contributed by atoms with Crippen molar-refractivity contribution >= 4 is 21.9 Å². The molecule has 3 aromatic carbocycles. The third kappa shape index (κ3) is 4.54. The van der Waals surface area contributed by atoms with Crippen molar-refractivity contribution in [3.05, 3.63) is 93.8 Å². The van der Waals surface area contributed by atoms with Crippen LogP contribution in [0.2, 0.25) is 0 Å². The predicted molar refractivity (Wildman–Crippen MR) is 141 cm³/mol. The fraction of sp³-hybridized carbons (Fsp3) is 0.233. The van der Waals surface area contributed by atoms with Crippen molar-refractivity contribution in [2.24, 2.45) is 0 Å². The lowest BCUT2D eigenvalue weighted by Crippen LogP contribution is -2.22. The van der Waals surface area contributed by atoms with Crippen LogP contribution in [0.5, 0.6) is 11.5 Å². The van der Waals surface area contributed by atoms with E-state index in [0.29, 0.717) is 28.4 Å². The summed E-state index contributed by atoms with van der Waals surface area (Å²) in [5.74, 6) is 1.58. The fourth-order valence-electron chi connectivity index (χ4n) is 4.35. The van der Waals surface area contributed by atoms with E-state index in [1.807, 2.05) is 94.4 Å². The Balaban J connectivity index is 1.65. The highest BCUT2D eigenvalue weighted by molar-refractivity contribution is 6.00. The Morgan fingerprint density at radius 1 is 0.914 bits per heavy atom. The number of aryl methyl sites for hydroxylation is 1. The van der Waals surface area contributed by atoms with Gasteiger partial charge in [-0.1, -0.05) is 23.8 Å². The van der Waals surface area contributed by atoms with Gasteiger partial charge in [-0.05, 0) is 87.4 Å². The summed E-state index contributed by atoms with van der Waals surface area (Å²) in [6, 6.07) is 21.4. The average Bonchev–Trinajstić information content (AvgIpc) is 3.18. The summed E-state index contributed by atoms with van der Waals surface area (Å²) < 4.78 is 17.6. The standard InChI is InChI=1S/C30H29NO4/c1-18-6-15-25-23(16-18)28(32)26-27(20-9-13-21(33-5)14-10-20)31-24(29(26)34-25)17-19-7-11-22(12-8-19)35-30(2,3)4/h6-16,31H,17H2,1-5H3. The van der Waals surface area contributed by atoms with Crippen molar-refractivity contribution in [3.63, 3.8) is 0 Å². The Hall–Kier alpha value is -3.99. The van der Waals surface area contributed by atoms with Crippen molar-refractivity contribution in [1.29, 1.82) is 0 Å². The summed E-state index contributed by atoms with van der Waals surface area (Å²) in [6.07, 6.45) is 0.586. The van der Waals surface area contributed by atoms with Gasteiger partial charge in [0.2, 0.25) is 5.43 Å². The van der Waals surface area contributed by atoms with Gasteiger partial charge in [-0.3, -0.25) is 4.79 Å². The van der Waals surface area contributed by atoms with Crippen molar-refractivity contribution in [2.45, 2.75) is 39.7 Å². The minimum absolute atomic E-state index is 0.0350. The van der Waals surface area contributed by atoms with Gasteiger partial charge in [0.25, 0.3) is 0 Å². The third-order valence-corrected chi connectivity index (χ3v) is 5.95. The van der Waals surface area contributed by atoms with Crippen LogP contribution in [0.25, 0.3) is 33.2 Å². The second kappa shape index (κ2) is 8.66. The zero-order valence-electron chi connectivity index (χ0n) is 20.7. The highest BCUT2D eigenvalue weighted by Crippen LogP contribution is 2.33. The SMILES string of the molecule is COc1ccc(-c2[nH]c(Cc3ccc(OC(C)(C)C)cc3)c3oc4ccc(C)cc4c(=O)c23)cc1. The number of hydrogen-bond acceptors (Lipinski definition) is 4. The van der Waals surface area contributed by atoms with Gasteiger partial charge >= 0.3 is 0 Å². The van der Waals surface area contributed by atoms with E-state index in [1.54, 1.807) is 7.11 Å². The number of H-pyrrole nitrogens is 1. The van der Waals surface area contributed by atoms with Crippen LogP contribution in [0.3, 0.4) is 0 Å². The number of methoxy groups -OCH3 is 1. The lowest BCUT2D eigenvalue weighted by atomic mass is 10.1. The van der Waals surface area contributed by atoms with E-state index in [1.165, 1.54) is 0 Å². The molecule has 0 radical (unpaired) electrons. The van der Waals surface area contributed by atoms with Crippen LogP contribution in [0, 0.1) is 6.92 Å². The molecule has 1 N–H and O–H groups in total. The number of hydrogen-bond donors (Lipinski definition) is 1. The summed E-state index contributed by atoms with van der Waals surface area (Å²) in [5, 5.41) is 1.15. The Morgan fingerprint density at radius 3 is 2.26 bits per heavy atom. The van der Waals surface area contributed by atoms with E-state index in [2.05, 4.69) is 4.98 Å². The van der Waals surface area contributed by atoms with Crippen molar-refractivity contribution in [1.82, 2.24) is 4.98 Å². The van der Waals surface area contributed by atoms with E-state index >= 15 is 0 Å². The largest absolute Gasteiger partial charge is 0.497 e. The topological polar surface area (TPSA) is 64.5 Å². The first-order valence-corrected chi connectivity index (χ1v) is 11.7. The first-order valence-electron chi connectivity index (χ1n) is 11.7. The van der Waals surface area contributed by atoms with Crippen molar-refractivity contribution < 1.29 is 13.9 Å². The molecule has 0 saturated heterocycles. The van der Waals surface area contributed by atoms with E-state index in [4.69, 9.17) is 13.9 Å². The van der Waals surface area contributed by atoms with Crippen LogP contribution in [-0.2, 0) is 6.42 Å². The molecule has 0 aliphatic rings. The third-order valence-electron chi connectivity index (χ3n) is 5.95. The normalized spacial score (nSPS) is 11.8. The number of aromatic nitrogens is 1. The molecule has 5 aromatic rings. The molecule has 0 fully saturated rings. The minimum atomic E-state index is -0.257. The summed E-state index contributed by atoms with van der Waals surface area (Å²) in [6.45, 7) is 8.06. The maximum atomic E-state index is 13.7. The molecule has 2 aromatic heterocycles. The van der Waals surface area contributed by atoms with Gasteiger partial charge in [0.15, 0.2) is 5.58 Å². The molecule has 2 heterocycles. The van der Waals surface area contributed by atoms with Gasteiger partial charge in [0, 0.05) is 6.42 Å². The number of ether oxygens (including phenoxy) is 2. The molecule has 5 heteroatoms. The molecule has 0 atom stereocenters. The maximum absolute atomic E-state index is 13.7. The quantitative estimate of drug-likeness (QED) is 0.301. The average molecular weight is 468 g/mol. The summed E-state index contributed by atoms with van der Waals surface area (Å²) in [4.78, 5) is 17.2. The lowest BCUT2D eigenvalue weighted by Gasteiger charge is -2.21. The fourth-order valence-corrected chi connectivity index (χ4v) is 4.35. The molecule has 0 bridgehead atoms. The van der Waals surface area contributed by atoms with Gasteiger partial charge in [0.1, 0.15) is 22.7 Å². The maximum Gasteiger partial charge on any atom is 0.202 e. The zero-order chi connectivity index (χ0) is 24.7. The van der Waals surface area contributed by atoms with Crippen LogP contribution in [0.1, 0.15) is 37.6 Å². The van der Waals surface area contributed by atoms with E-state index < -0.39 is 0 Å². The van der Waals surface area contributed by atoms with Gasteiger partial charge in [0.05, 0.1) is 29.3 Å². The highest BCUT2D eigenvalue weighted by atomic mass is 16.5.